The Labute approximate surface area is 75.8 Å². The summed E-state index contributed by atoms with van der Waals surface area (Å²) in [6.07, 6.45) is 2.34. The fraction of sp³-hybridized carbons (Fsp3) is 0.400. The fourth-order valence-corrected chi connectivity index (χ4v) is 1.24. The monoisotopic (exact) mass is 183 g/mol. The quantitative estimate of drug-likeness (QED) is 0.759. The van der Waals surface area contributed by atoms with E-state index in [2.05, 4.69) is 5.32 Å². The first-order valence-corrected chi connectivity index (χ1v) is 4.45. The molecule has 1 aliphatic rings. The molecule has 13 heavy (non-hydrogen) atoms. The Morgan fingerprint density at radius 3 is 2.38 bits per heavy atom. The average molecular weight is 183 g/mol. The van der Waals surface area contributed by atoms with E-state index >= 15 is 0 Å². The lowest BCUT2D eigenvalue weighted by molar-refractivity contribution is 0.587. The van der Waals surface area contributed by atoms with Gasteiger partial charge in [0.25, 0.3) is 0 Å². The molecule has 1 aromatic carbocycles. The van der Waals surface area contributed by atoms with Crippen LogP contribution in [-0.4, -0.2) is 6.54 Å². The van der Waals surface area contributed by atoms with Crippen LogP contribution in [-0.2, 0) is 0 Å². The second-order valence-electron chi connectivity index (χ2n) is 3.42. The van der Waals surface area contributed by atoms with E-state index in [4.69, 9.17) is 0 Å². The smallest absolute Gasteiger partial charge is 0.149 e. The van der Waals surface area contributed by atoms with Crippen molar-refractivity contribution in [3.8, 4) is 0 Å². The molecule has 0 radical (unpaired) electrons. The van der Waals surface area contributed by atoms with E-state index in [0.29, 0.717) is 12.5 Å². The third kappa shape index (κ3) is 1.97. The molecular formula is C10H11F2N. The maximum absolute atomic E-state index is 13.0. The number of hydrogen-bond acceptors (Lipinski definition) is 1. The van der Waals surface area contributed by atoms with E-state index in [9.17, 15) is 8.78 Å². The molecule has 1 N–H and O–H groups in total. The molecule has 0 atom stereocenters. The van der Waals surface area contributed by atoms with Crippen molar-refractivity contribution in [2.75, 3.05) is 11.9 Å². The summed E-state index contributed by atoms with van der Waals surface area (Å²) in [6, 6.07) is 3.89. The van der Waals surface area contributed by atoms with Crippen LogP contribution in [0.4, 0.5) is 14.5 Å². The van der Waals surface area contributed by atoms with Crippen LogP contribution in [0.2, 0.25) is 0 Å². The summed E-state index contributed by atoms with van der Waals surface area (Å²) in [7, 11) is 0. The molecule has 0 amide bonds. The van der Waals surface area contributed by atoms with Crippen molar-refractivity contribution in [1.29, 1.82) is 0 Å². The molecule has 70 valence electrons. The third-order valence-electron chi connectivity index (χ3n) is 2.23. The standard InChI is InChI=1S/C10H11F2N/c11-8-2-1-3-9(12)10(8)13-6-7-4-5-7/h1-3,7,13H,4-6H2. The number of para-hydroxylation sites is 1. The lowest BCUT2D eigenvalue weighted by Crippen LogP contribution is -2.06. The van der Waals surface area contributed by atoms with E-state index in [0.717, 1.165) is 0 Å². The third-order valence-corrected chi connectivity index (χ3v) is 2.23. The van der Waals surface area contributed by atoms with Gasteiger partial charge < -0.3 is 5.32 Å². The molecule has 0 spiro atoms. The number of nitrogens with one attached hydrogen (secondary N) is 1. The van der Waals surface area contributed by atoms with Gasteiger partial charge in [0.15, 0.2) is 0 Å². The number of rotatable bonds is 3. The van der Waals surface area contributed by atoms with Gasteiger partial charge in [-0.05, 0) is 30.9 Å². The largest absolute Gasteiger partial charge is 0.380 e. The van der Waals surface area contributed by atoms with Crippen molar-refractivity contribution in [3.63, 3.8) is 0 Å². The Kier molecular flexibility index (Phi) is 2.17. The highest BCUT2D eigenvalue weighted by molar-refractivity contribution is 5.46. The fourth-order valence-electron chi connectivity index (χ4n) is 1.24. The zero-order chi connectivity index (χ0) is 9.26. The minimum absolute atomic E-state index is 0.00870. The van der Waals surface area contributed by atoms with Crippen LogP contribution in [0.1, 0.15) is 12.8 Å². The summed E-state index contributed by atoms with van der Waals surface area (Å²) in [5, 5.41) is 2.79. The molecule has 0 aliphatic heterocycles. The van der Waals surface area contributed by atoms with Gasteiger partial charge in [0.05, 0.1) is 0 Å². The summed E-state index contributed by atoms with van der Waals surface area (Å²) in [5.74, 6) is -0.416. The second-order valence-corrected chi connectivity index (χ2v) is 3.42. The van der Waals surface area contributed by atoms with Crippen LogP contribution in [0.25, 0.3) is 0 Å². The summed E-state index contributed by atoms with van der Waals surface area (Å²) < 4.78 is 26.0. The Hall–Kier alpha value is -1.12. The van der Waals surface area contributed by atoms with Crippen LogP contribution >= 0.6 is 0 Å². The highest BCUT2D eigenvalue weighted by atomic mass is 19.1. The van der Waals surface area contributed by atoms with E-state index in [1.807, 2.05) is 0 Å². The first kappa shape index (κ1) is 8.48. The molecule has 0 saturated heterocycles. The van der Waals surface area contributed by atoms with Crippen LogP contribution < -0.4 is 5.32 Å². The predicted molar refractivity (Wildman–Crippen MR) is 47.6 cm³/mol. The van der Waals surface area contributed by atoms with Crippen molar-refractivity contribution < 1.29 is 8.78 Å². The first-order valence-electron chi connectivity index (χ1n) is 4.45. The van der Waals surface area contributed by atoms with E-state index in [-0.39, 0.29) is 5.69 Å². The van der Waals surface area contributed by atoms with E-state index in [1.54, 1.807) is 0 Å². The molecule has 0 heterocycles. The van der Waals surface area contributed by atoms with Crippen LogP contribution in [0.3, 0.4) is 0 Å². The molecule has 1 aromatic rings. The van der Waals surface area contributed by atoms with Crippen LogP contribution in [0, 0.1) is 17.6 Å². The van der Waals surface area contributed by atoms with E-state index < -0.39 is 11.6 Å². The predicted octanol–water partition coefficient (Wildman–Crippen LogP) is 2.79. The maximum Gasteiger partial charge on any atom is 0.149 e. The molecule has 1 saturated carbocycles. The Morgan fingerprint density at radius 1 is 1.23 bits per heavy atom. The highest BCUT2D eigenvalue weighted by Gasteiger charge is 2.21. The molecule has 2 rings (SSSR count). The van der Waals surface area contributed by atoms with Gasteiger partial charge in [-0.3, -0.25) is 0 Å². The van der Waals surface area contributed by atoms with Crippen molar-refractivity contribution in [1.82, 2.24) is 0 Å². The molecule has 0 unspecified atom stereocenters. The zero-order valence-corrected chi connectivity index (χ0v) is 7.19. The highest BCUT2D eigenvalue weighted by Crippen LogP contribution is 2.29. The topological polar surface area (TPSA) is 12.0 Å². The number of halogens is 2. The number of anilines is 1. The van der Waals surface area contributed by atoms with Gasteiger partial charge >= 0.3 is 0 Å². The molecule has 1 nitrogen and oxygen atoms in total. The van der Waals surface area contributed by atoms with Crippen LogP contribution in [0.5, 0.6) is 0 Å². The van der Waals surface area contributed by atoms with Gasteiger partial charge in [0.2, 0.25) is 0 Å². The maximum atomic E-state index is 13.0. The SMILES string of the molecule is Fc1cccc(F)c1NCC1CC1. The summed E-state index contributed by atoms with van der Waals surface area (Å²) in [4.78, 5) is 0. The van der Waals surface area contributed by atoms with Crippen molar-refractivity contribution in [2.45, 2.75) is 12.8 Å². The van der Waals surface area contributed by atoms with Gasteiger partial charge in [-0.2, -0.15) is 0 Å². The van der Waals surface area contributed by atoms with Gasteiger partial charge in [-0.25, -0.2) is 8.78 Å². The lowest BCUT2D eigenvalue weighted by atomic mass is 10.3. The van der Waals surface area contributed by atoms with Crippen molar-refractivity contribution in [2.24, 2.45) is 5.92 Å². The zero-order valence-electron chi connectivity index (χ0n) is 7.19. The first-order chi connectivity index (χ1) is 6.27. The Morgan fingerprint density at radius 2 is 1.85 bits per heavy atom. The minimum Gasteiger partial charge on any atom is -0.380 e. The summed E-state index contributed by atoms with van der Waals surface area (Å²) >= 11 is 0. The molecule has 3 heteroatoms. The van der Waals surface area contributed by atoms with Crippen LogP contribution in [0.15, 0.2) is 18.2 Å². The minimum atomic E-state index is -0.513. The van der Waals surface area contributed by atoms with Gasteiger partial charge in [0, 0.05) is 6.54 Å². The van der Waals surface area contributed by atoms with Gasteiger partial charge in [-0.15, -0.1) is 0 Å². The number of hydrogen-bond donors (Lipinski definition) is 1. The molecule has 1 aliphatic carbocycles. The van der Waals surface area contributed by atoms with Gasteiger partial charge in [0.1, 0.15) is 17.3 Å². The van der Waals surface area contributed by atoms with Gasteiger partial charge in [-0.1, -0.05) is 6.07 Å². The molecule has 0 aromatic heterocycles. The Bertz CT molecular complexity index is 288. The molecule has 0 bridgehead atoms. The summed E-state index contributed by atoms with van der Waals surface area (Å²) in [5.41, 5.74) is 0.00870. The molecular weight excluding hydrogens is 172 g/mol. The van der Waals surface area contributed by atoms with E-state index in [1.165, 1.54) is 31.0 Å². The average Bonchev–Trinajstić information content (AvgIpc) is 2.87. The Balaban J connectivity index is 2.07. The number of benzene rings is 1. The second kappa shape index (κ2) is 3.32. The van der Waals surface area contributed by atoms with Crippen molar-refractivity contribution in [3.05, 3.63) is 29.8 Å². The molecule has 1 fully saturated rings. The van der Waals surface area contributed by atoms with Crippen molar-refractivity contribution >= 4 is 5.69 Å². The summed E-state index contributed by atoms with van der Waals surface area (Å²) in [6.45, 7) is 0.678. The lowest BCUT2D eigenvalue weighted by Gasteiger charge is -2.06. The normalized spacial score (nSPS) is 15.8.